The second-order valence-corrected chi connectivity index (χ2v) is 8.17. The van der Waals surface area contributed by atoms with E-state index < -0.39 is 13.2 Å². The first kappa shape index (κ1) is 25.6. The van der Waals surface area contributed by atoms with Gasteiger partial charge in [0.1, 0.15) is 6.04 Å². The van der Waals surface area contributed by atoms with E-state index in [0.717, 1.165) is 24.8 Å². The van der Waals surface area contributed by atoms with Gasteiger partial charge in [-0.1, -0.05) is 87.9 Å². The number of carbonyl (C=O) groups is 2. The molecule has 32 heavy (non-hydrogen) atoms. The predicted molar refractivity (Wildman–Crippen MR) is 130 cm³/mol. The molecule has 4 N–H and O–H groups in total. The fourth-order valence-electron chi connectivity index (χ4n) is 3.57. The first-order valence-electron chi connectivity index (χ1n) is 11.6. The molecule has 0 spiro atoms. The zero-order valence-corrected chi connectivity index (χ0v) is 18.9. The number of hydrogen-bond acceptors (Lipinski definition) is 4. The summed E-state index contributed by atoms with van der Waals surface area (Å²) in [7, 11) is -1.62. The Morgan fingerprint density at radius 2 is 1.59 bits per heavy atom. The topological polar surface area (TPSA) is 98.7 Å². The SMILES string of the molecule is CCCCCCCCCC(=O)NC(Cc1ccccc1)C(=O)Nc1cccc(B(O)O)c1. The Balaban J connectivity index is 1.94. The molecule has 2 aromatic carbocycles. The van der Waals surface area contributed by atoms with Crippen LogP contribution in [0.4, 0.5) is 5.69 Å². The van der Waals surface area contributed by atoms with Gasteiger partial charge in [-0.25, -0.2) is 0 Å². The minimum Gasteiger partial charge on any atom is -0.423 e. The van der Waals surface area contributed by atoms with Crippen molar-refractivity contribution in [1.82, 2.24) is 5.32 Å². The molecule has 0 aliphatic heterocycles. The van der Waals surface area contributed by atoms with Crippen molar-refractivity contribution in [2.45, 2.75) is 70.8 Å². The van der Waals surface area contributed by atoms with Crippen LogP contribution in [0.25, 0.3) is 0 Å². The minimum absolute atomic E-state index is 0.130. The third-order valence-corrected chi connectivity index (χ3v) is 5.39. The Morgan fingerprint density at radius 1 is 0.906 bits per heavy atom. The van der Waals surface area contributed by atoms with E-state index in [2.05, 4.69) is 17.6 Å². The van der Waals surface area contributed by atoms with Gasteiger partial charge in [0.2, 0.25) is 11.8 Å². The lowest BCUT2D eigenvalue weighted by atomic mass is 9.80. The number of carbonyl (C=O) groups excluding carboxylic acids is 2. The number of amides is 2. The highest BCUT2D eigenvalue weighted by molar-refractivity contribution is 6.58. The van der Waals surface area contributed by atoms with Crippen LogP contribution in [0, 0.1) is 0 Å². The van der Waals surface area contributed by atoms with E-state index in [4.69, 9.17) is 0 Å². The summed E-state index contributed by atoms with van der Waals surface area (Å²) in [4.78, 5) is 25.5. The zero-order chi connectivity index (χ0) is 23.2. The highest BCUT2D eigenvalue weighted by Crippen LogP contribution is 2.11. The van der Waals surface area contributed by atoms with Crippen molar-refractivity contribution < 1.29 is 19.6 Å². The highest BCUT2D eigenvalue weighted by Gasteiger charge is 2.22. The normalized spacial score (nSPS) is 11.6. The largest absolute Gasteiger partial charge is 0.488 e. The molecule has 0 aromatic heterocycles. The van der Waals surface area contributed by atoms with Gasteiger partial charge in [-0.15, -0.1) is 0 Å². The molecule has 2 amide bonds. The van der Waals surface area contributed by atoms with Crippen molar-refractivity contribution in [3.05, 3.63) is 60.2 Å². The van der Waals surface area contributed by atoms with E-state index >= 15 is 0 Å². The second kappa shape index (κ2) is 14.4. The molecule has 172 valence electrons. The summed E-state index contributed by atoms with van der Waals surface area (Å²) in [6, 6.07) is 15.2. The molecule has 2 rings (SSSR count). The Hall–Kier alpha value is -2.64. The maximum Gasteiger partial charge on any atom is 0.488 e. The summed E-state index contributed by atoms with van der Waals surface area (Å²) in [6.45, 7) is 2.19. The summed E-state index contributed by atoms with van der Waals surface area (Å²) >= 11 is 0. The average Bonchev–Trinajstić information content (AvgIpc) is 2.79. The standard InChI is InChI=1S/C25H35BN2O4/c1-2-3-4-5-6-7-11-17-24(29)28-23(18-20-13-9-8-10-14-20)25(30)27-22-16-12-15-21(19-22)26(31)32/h8-10,12-16,19,23,31-32H,2-7,11,17-18H2,1H3,(H,27,30)(H,28,29). The van der Waals surface area contributed by atoms with Crippen molar-refractivity contribution >= 4 is 30.1 Å². The Bertz CT molecular complexity index is 830. The fraction of sp³-hybridized carbons (Fsp3) is 0.440. The molecule has 1 unspecified atom stereocenters. The minimum atomic E-state index is -1.62. The Kier molecular flexibility index (Phi) is 11.6. The summed E-state index contributed by atoms with van der Waals surface area (Å²) < 4.78 is 0. The van der Waals surface area contributed by atoms with Gasteiger partial charge in [0.15, 0.2) is 0 Å². The van der Waals surface area contributed by atoms with Crippen LogP contribution in [0.15, 0.2) is 54.6 Å². The first-order chi connectivity index (χ1) is 15.5. The molecule has 0 radical (unpaired) electrons. The molecular formula is C25H35BN2O4. The molecule has 6 nitrogen and oxygen atoms in total. The van der Waals surface area contributed by atoms with Gasteiger partial charge in [0.25, 0.3) is 0 Å². The molecule has 0 aliphatic carbocycles. The van der Waals surface area contributed by atoms with Crippen LogP contribution in [0.2, 0.25) is 0 Å². The van der Waals surface area contributed by atoms with Crippen LogP contribution in [0.1, 0.15) is 63.9 Å². The molecule has 0 fully saturated rings. The average molecular weight is 438 g/mol. The quantitative estimate of drug-likeness (QED) is 0.269. The second-order valence-electron chi connectivity index (χ2n) is 8.17. The lowest BCUT2D eigenvalue weighted by molar-refractivity contribution is -0.126. The molecular weight excluding hydrogens is 403 g/mol. The lowest BCUT2D eigenvalue weighted by Gasteiger charge is -2.19. The van der Waals surface area contributed by atoms with Crippen LogP contribution < -0.4 is 16.1 Å². The van der Waals surface area contributed by atoms with Crippen LogP contribution in [0.5, 0.6) is 0 Å². The molecule has 0 aliphatic rings. The smallest absolute Gasteiger partial charge is 0.423 e. The van der Waals surface area contributed by atoms with Crippen molar-refractivity contribution in [2.75, 3.05) is 5.32 Å². The number of benzene rings is 2. The highest BCUT2D eigenvalue weighted by atomic mass is 16.4. The van der Waals surface area contributed by atoms with Gasteiger partial charge in [0.05, 0.1) is 0 Å². The maximum atomic E-state index is 13.0. The number of unbranched alkanes of at least 4 members (excludes halogenated alkanes) is 6. The number of nitrogens with one attached hydrogen (secondary N) is 2. The molecule has 1 atom stereocenters. The summed E-state index contributed by atoms with van der Waals surface area (Å²) in [6.07, 6.45) is 8.67. The van der Waals surface area contributed by atoms with E-state index in [1.807, 2.05) is 30.3 Å². The molecule has 7 heteroatoms. The summed E-state index contributed by atoms with van der Waals surface area (Å²) in [5.74, 6) is -0.472. The third-order valence-electron chi connectivity index (χ3n) is 5.39. The molecule has 0 saturated carbocycles. The van der Waals surface area contributed by atoms with Crippen molar-refractivity contribution in [2.24, 2.45) is 0 Å². The molecule has 0 bridgehead atoms. The maximum absolute atomic E-state index is 13.0. The fourth-order valence-corrected chi connectivity index (χ4v) is 3.57. The summed E-state index contributed by atoms with van der Waals surface area (Å²) in [5.41, 5.74) is 1.67. The van der Waals surface area contributed by atoms with Gasteiger partial charge < -0.3 is 20.7 Å². The van der Waals surface area contributed by atoms with Gasteiger partial charge in [-0.2, -0.15) is 0 Å². The number of rotatable bonds is 14. The van der Waals surface area contributed by atoms with E-state index in [0.29, 0.717) is 18.5 Å². The monoisotopic (exact) mass is 438 g/mol. The number of hydrogen-bond donors (Lipinski definition) is 4. The predicted octanol–water partition coefficient (Wildman–Crippen LogP) is 3.17. The van der Waals surface area contributed by atoms with Crippen LogP contribution in [-0.4, -0.2) is 35.0 Å². The van der Waals surface area contributed by atoms with E-state index in [9.17, 15) is 19.6 Å². The zero-order valence-electron chi connectivity index (χ0n) is 18.9. The molecule has 2 aromatic rings. The van der Waals surface area contributed by atoms with Crippen LogP contribution in [0.3, 0.4) is 0 Å². The lowest BCUT2D eigenvalue weighted by Crippen LogP contribution is -2.45. The van der Waals surface area contributed by atoms with Crippen LogP contribution >= 0.6 is 0 Å². The first-order valence-corrected chi connectivity index (χ1v) is 11.6. The van der Waals surface area contributed by atoms with E-state index in [-0.39, 0.29) is 17.3 Å². The van der Waals surface area contributed by atoms with Crippen molar-refractivity contribution in [1.29, 1.82) is 0 Å². The van der Waals surface area contributed by atoms with Crippen molar-refractivity contribution in [3.63, 3.8) is 0 Å². The van der Waals surface area contributed by atoms with Crippen molar-refractivity contribution in [3.8, 4) is 0 Å². The summed E-state index contributed by atoms with van der Waals surface area (Å²) in [5, 5.41) is 24.4. The molecule has 0 saturated heterocycles. The number of anilines is 1. The molecule has 0 heterocycles. The van der Waals surface area contributed by atoms with Crippen LogP contribution in [-0.2, 0) is 16.0 Å². The van der Waals surface area contributed by atoms with Gasteiger partial charge in [-0.05, 0) is 29.6 Å². The van der Waals surface area contributed by atoms with Gasteiger partial charge in [-0.3, -0.25) is 9.59 Å². The Labute approximate surface area is 191 Å². The Morgan fingerprint density at radius 3 is 2.28 bits per heavy atom. The van der Waals surface area contributed by atoms with E-state index in [1.54, 1.807) is 18.2 Å². The van der Waals surface area contributed by atoms with Gasteiger partial charge >= 0.3 is 7.12 Å². The van der Waals surface area contributed by atoms with Gasteiger partial charge in [0, 0.05) is 18.5 Å². The third kappa shape index (κ3) is 9.66. The van der Waals surface area contributed by atoms with E-state index in [1.165, 1.54) is 31.7 Å².